The average Bonchev–Trinajstić information content (AvgIpc) is 3.23. The fourth-order valence-corrected chi connectivity index (χ4v) is 2.28. The standard InChI is InChI=1S/C15H15ClN2/c1-10-2-4-12(5-3-10)15-17-9-13(8-16)14(18-15)11-6-7-11/h2-5,9,11H,6-8H2,1H3. The van der Waals surface area contributed by atoms with Crippen molar-refractivity contribution < 1.29 is 0 Å². The molecule has 0 radical (unpaired) electrons. The molecule has 0 unspecified atom stereocenters. The molecule has 0 N–H and O–H groups in total. The zero-order valence-electron chi connectivity index (χ0n) is 10.4. The van der Waals surface area contributed by atoms with Gasteiger partial charge in [0, 0.05) is 23.2 Å². The van der Waals surface area contributed by atoms with Crippen LogP contribution in [0.1, 0.15) is 35.6 Å². The molecule has 2 nitrogen and oxygen atoms in total. The van der Waals surface area contributed by atoms with Crippen LogP contribution in [0.15, 0.2) is 30.5 Å². The zero-order valence-corrected chi connectivity index (χ0v) is 11.1. The maximum atomic E-state index is 5.94. The summed E-state index contributed by atoms with van der Waals surface area (Å²) in [6.07, 6.45) is 4.34. The Morgan fingerprint density at radius 3 is 2.56 bits per heavy atom. The molecule has 0 bridgehead atoms. The van der Waals surface area contributed by atoms with Gasteiger partial charge in [0.15, 0.2) is 5.82 Å². The monoisotopic (exact) mass is 258 g/mol. The fraction of sp³-hybridized carbons (Fsp3) is 0.333. The van der Waals surface area contributed by atoms with E-state index in [1.54, 1.807) is 0 Å². The number of nitrogens with zero attached hydrogens (tertiary/aromatic N) is 2. The Morgan fingerprint density at radius 1 is 1.22 bits per heavy atom. The second kappa shape index (κ2) is 4.69. The molecular formula is C15H15ClN2. The first-order valence-corrected chi connectivity index (χ1v) is 6.80. The first-order chi connectivity index (χ1) is 8.78. The molecule has 0 aliphatic heterocycles. The molecule has 1 fully saturated rings. The van der Waals surface area contributed by atoms with Gasteiger partial charge in [-0.1, -0.05) is 29.8 Å². The van der Waals surface area contributed by atoms with Gasteiger partial charge in [0.2, 0.25) is 0 Å². The molecule has 92 valence electrons. The van der Waals surface area contributed by atoms with Crippen LogP contribution < -0.4 is 0 Å². The minimum absolute atomic E-state index is 0.500. The van der Waals surface area contributed by atoms with Crippen LogP contribution in [0.25, 0.3) is 11.4 Å². The molecule has 18 heavy (non-hydrogen) atoms. The lowest BCUT2D eigenvalue weighted by molar-refractivity contribution is 0.959. The number of hydrogen-bond donors (Lipinski definition) is 0. The lowest BCUT2D eigenvalue weighted by atomic mass is 10.1. The Labute approximate surface area is 112 Å². The first kappa shape index (κ1) is 11.7. The third-order valence-electron chi connectivity index (χ3n) is 3.32. The number of alkyl halides is 1. The summed E-state index contributed by atoms with van der Waals surface area (Å²) in [5, 5.41) is 0. The van der Waals surface area contributed by atoms with Crippen molar-refractivity contribution in [3.63, 3.8) is 0 Å². The maximum absolute atomic E-state index is 5.94. The van der Waals surface area contributed by atoms with Gasteiger partial charge in [0.1, 0.15) is 0 Å². The molecule has 0 amide bonds. The quantitative estimate of drug-likeness (QED) is 0.776. The summed E-state index contributed by atoms with van der Waals surface area (Å²) in [5.41, 5.74) is 4.55. The lowest BCUT2D eigenvalue weighted by Crippen LogP contribution is -1.99. The smallest absolute Gasteiger partial charge is 0.159 e. The average molecular weight is 259 g/mol. The van der Waals surface area contributed by atoms with Crippen molar-refractivity contribution in [2.24, 2.45) is 0 Å². The molecule has 0 saturated heterocycles. The van der Waals surface area contributed by atoms with Crippen molar-refractivity contribution in [1.29, 1.82) is 0 Å². The fourth-order valence-electron chi connectivity index (χ4n) is 2.07. The molecular weight excluding hydrogens is 244 g/mol. The van der Waals surface area contributed by atoms with Crippen molar-refractivity contribution >= 4 is 11.6 Å². The third-order valence-corrected chi connectivity index (χ3v) is 3.60. The second-order valence-electron chi connectivity index (χ2n) is 4.88. The highest BCUT2D eigenvalue weighted by atomic mass is 35.5. The van der Waals surface area contributed by atoms with Crippen LogP contribution in [0, 0.1) is 6.92 Å². The van der Waals surface area contributed by atoms with Gasteiger partial charge in [-0.25, -0.2) is 9.97 Å². The third kappa shape index (κ3) is 2.25. The van der Waals surface area contributed by atoms with Crippen molar-refractivity contribution in [1.82, 2.24) is 9.97 Å². The van der Waals surface area contributed by atoms with Gasteiger partial charge in [-0.3, -0.25) is 0 Å². The molecule has 1 heterocycles. The topological polar surface area (TPSA) is 25.8 Å². The molecule has 1 aliphatic carbocycles. The first-order valence-electron chi connectivity index (χ1n) is 6.27. The van der Waals surface area contributed by atoms with Gasteiger partial charge in [0.05, 0.1) is 11.6 Å². The van der Waals surface area contributed by atoms with Crippen molar-refractivity contribution in [3.05, 3.63) is 47.3 Å². The minimum atomic E-state index is 0.500. The van der Waals surface area contributed by atoms with E-state index in [0.717, 1.165) is 22.6 Å². The normalized spacial score (nSPS) is 14.8. The van der Waals surface area contributed by atoms with E-state index >= 15 is 0 Å². The molecule has 0 atom stereocenters. The Bertz CT molecular complexity index is 559. The van der Waals surface area contributed by atoms with Crippen molar-refractivity contribution in [2.75, 3.05) is 0 Å². The second-order valence-corrected chi connectivity index (χ2v) is 5.15. The predicted molar refractivity (Wildman–Crippen MR) is 73.7 cm³/mol. The lowest BCUT2D eigenvalue weighted by Gasteiger charge is -2.07. The van der Waals surface area contributed by atoms with Gasteiger partial charge >= 0.3 is 0 Å². The molecule has 3 rings (SSSR count). The van der Waals surface area contributed by atoms with Crippen LogP contribution in [-0.2, 0) is 5.88 Å². The van der Waals surface area contributed by atoms with E-state index in [1.165, 1.54) is 18.4 Å². The van der Waals surface area contributed by atoms with E-state index in [9.17, 15) is 0 Å². The Kier molecular flexibility index (Phi) is 3.04. The largest absolute Gasteiger partial charge is 0.236 e. The molecule has 0 spiro atoms. The highest BCUT2D eigenvalue weighted by Gasteiger charge is 2.28. The van der Waals surface area contributed by atoms with Crippen LogP contribution in [0.2, 0.25) is 0 Å². The number of benzene rings is 1. The summed E-state index contributed by atoms with van der Waals surface area (Å²) < 4.78 is 0. The summed E-state index contributed by atoms with van der Waals surface area (Å²) in [5.74, 6) is 1.91. The van der Waals surface area contributed by atoms with Crippen LogP contribution in [0.3, 0.4) is 0 Å². The summed E-state index contributed by atoms with van der Waals surface area (Å²) in [4.78, 5) is 9.13. The van der Waals surface area contributed by atoms with Gasteiger partial charge in [-0.2, -0.15) is 0 Å². The molecule has 1 aromatic heterocycles. The summed E-state index contributed by atoms with van der Waals surface area (Å²) in [6.45, 7) is 2.08. The Morgan fingerprint density at radius 2 is 1.94 bits per heavy atom. The van der Waals surface area contributed by atoms with E-state index in [1.807, 2.05) is 6.20 Å². The van der Waals surface area contributed by atoms with Gasteiger partial charge in [0.25, 0.3) is 0 Å². The molecule has 1 aromatic carbocycles. The number of halogens is 1. The number of hydrogen-bond acceptors (Lipinski definition) is 2. The molecule has 2 aromatic rings. The number of aromatic nitrogens is 2. The van der Waals surface area contributed by atoms with E-state index in [-0.39, 0.29) is 0 Å². The van der Waals surface area contributed by atoms with Crippen LogP contribution in [0.4, 0.5) is 0 Å². The predicted octanol–water partition coefficient (Wildman–Crippen LogP) is 4.07. The van der Waals surface area contributed by atoms with Crippen molar-refractivity contribution in [3.8, 4) is 11.4 Å². The molecule has 1 aliphatic rings. The zero-order chi connectivity index (χ0) is 12.5. The summed E-state index contributed by atoms with van der Waals surface area (Å²) in [6, 6.07) is 8.32. The van der Waals surface area contributed by atoms with Gasteiger partial charge in [-0.05, 0) is 19.8 Å². The Balaban J connectivity index is 2.02. The highest BCUT2D eigenvalue weighted by Crippen LogP contribution is 2.41. The summed E-state index contributed by atoms with van der Waals surface area (Å²) >= 11 is 5.94. The van der Waals surface area contributed by atoms with Gasteiger partial charge < -0.3 is 0 Å². The SMILES string of the molecule is Cc1ccc(-c2ncc(CCl)c(C3CC3)n2)cc1. The molecule has 3 heteroatoms. The van der Waals surface area contributed by atoms with E-state index in [0.29, 0.717) is 11.8 Å². The van der Waals surface area contributed by atoms with E-state index in [4.69, 9.17) is 16.6 Å². The minimum Gasteiger partial charge on any atom is -0.236 e. The molecule has 1 saturated carbocycles. The maximum Gasteiger partial charge on any atom is 0.159 e. The van der Waals surface area contributed by atoms with Crippen molar-refractivity contribution in [2.45, 2.75) is 31.6 Å². The number of rotatable bonds is 3. The van der Waals surface area contributed by atoms with Crippen LogP contribution in [-0.4, -0.2) is 9.97 Å². The highest BCUT2D eigenvalue weighted by molar-refractivity contribution is 6.17. The Hall–Kier alpha value is -1.41. The van der Waals surface area contributed by atoms with E-state index in [2.05, 4.69) is 36.2 Å². The summed E-state index contributed by atoms with van der Waals surface area (Å²) in [7, 11) is 0. The van der Waals surface area contributed by atoms with Crippen LogP contribution >= 0.6 is 11.6 Å². The number of aryl methyl sites for hydroxylation is 1. The van der Waals surface area contributed by atoms with Gasteiger partial charge in [-0.15, -0.1) is 11.6 Å². The van der Waals surface area contributed by atoms with E-state index < -0.39 is 0 Å². The van der Waals surface area contributed by atoms with Crippen LogP contribution in [0.5, 0.6) is 0 Å².